The van der Waals surface area contributed by atoms with E-state index in [2.05, 4.69) is 27.6 Å². The van der Waals surface area contributed by atoms with E-state index in [1.165, 1.54) is 0 Å². The molecule has 0 spiro atoms. The maximum Gasteiger partial charge on any atom is 0.261 e. The summed E-state index contributed by atoms with van der Waals surface area (Å²) in [7, 11) is -3.60. The molecule has 6 heteroatoms. The quantitative estimate of drug-likeness (QED) is 0.717. The minimum atomic E-state index is -3.60. The third-order valence-electron chi connectivity index (χ3n) is 3.22. The molecule has 0 bridgehead atoms. The first-order valence-corrected chi connectivity index (χ1v) is 9.64. The van der Waals surface area contributed by atoms with Crippen LogP contribution in [0.2, 0.25) is 5.02 Å². The fourth-order valence-corrected chi connectivity index (χ4v) is 3.47. The van der Waals surface area contributed by atoms with Gasteiger partial charge in [-0.15, -0.1) is 0 Å². The standard InChI is InChI=1S/C16H17BrClNO2S/c1-2-3-4-12-5-8-14(9-6-12)22(20,21)19-13-7-10-15(17)16(18)11-13/h5-11,19H,2-4H2,1H3. The molecular weight excluding hydrogens is 386 g/mol. The van der Waals surface area contributed by atoms with Gasteiger partial charge in [-0.2, -0.15) is 0 Å². The SMILES string of the molecule is CCCCc1ccc(S(=O)(=O)Nc2ccc(Br)c(Cl)c2)cc1. The highest BCUT2D eigenvalue weighted by molar-refractivity contribution is 9.10. The van der Waals surface area contributed by atoms with Gasteiger partial charge in [0.2, 0.25) is 0 Å². The van der Waals surface area contributed by atoms with E-state index in [9.17, 15) is 8.42 Å². The molecule has 118 valence electrons. The van der Waals surface area contributed by atoms with Crippen LogP contribution in [-0.2, 0) is 16.4 Å². The highest BCUT2D eigenvalue weighted by atomic mass is 79.9. The van der Waals surface area contributed by atoms with Crippen LogP contribution in [0.15, 0.2) is 51.8 Å². The van der Waals surface area contributed by atoms with E-state index in [0.29, 0.717) is 10.7 Å². The molecule has 0 amide bonds. The summed E-state index contributed by atoms with van der Waals surface area (Å²) < 4.78 is 28.0. The van der Waals surface area contributed by atoms with Gasteiger partial charge in [0.15, 0.2) is 0 Å². The zero-order chi connectivity index (χ0) is 16.2. The largest absolute Gasteiger partial charge is 0.280 e. The topological polar surface area (TPSA) is 46.2 Å². The first kappa shape index (κ1) is 17.3. The summed E-state index contributed by atoms with van der Waals surface area (Å²) in [4.78, 5) is 0.242. The molecular formula is C16H17BrClNO2S. The Hall–Kier alpha value is -1.04. The summed E-state index contributed by atoms with van der Waals surface area (Å²) >= 11 is 9.25. The van der Waals surface area contributed by atoms with Crippen LogP contribution >= 0.6 is 27.5 Å². The van der Waals surface area contributed by atoms with Gasteiger partial charge in [0.25, 0.3) is 10.0 Å². The van der Waals surface area contributed by atoms with E-state index in [1.807, 2.05) is 12.1 Å². The second-order valence-electron chi connectivity index (χ2n) is 4.98. The minimum Gasteiger partial charge on any atom is -0.280 e. The lowest BCUT2D eigenvalue weighted by atomic mass is 10.1. The van der Waals surface area contributed by atoms with E-state index in [1.54, 1.807) is 30.3 Å². The molecule has 0 radical (unpaired) electrons. The molecule has 22 heavy (non-hydrogen) atoms. The number of nitrogens with one attached hydrogen (secondary N) is 1. The molecule has 0 saturated heterocycles. The second-order valence-corrected chi connectivity index (χ2v) is 7.93. The maximum atomic E-state index is 12.4. The number of anilines is 1. The summed E-state index contributed by atoms with van der Waals surface area (Å²) in [5.41, 5.74) is 1.58. The Bertz CT molecular complexity index is 745. The van der Waals surface area contributed by atoms with Crippen molar-refractivity contribution >= 4 is 43.2 Å². The Labute approximate surface area is 144 Å². The van der Waals surface area contributed by atoms with Crippen LogP contribution in [0.5, 0.6) is 0 Å². The van der Waals surface area contributed by atoms with Crippen LogP contribution in [-0.4, -0.2) is 8.42 Å². The summed E-state index contributed by atoms with van der Waals surface area (Å²) in [6.07, 6.45) is 3.18. The molecule has 0 heterocycles. The van der Waals surface area contributed by atoms with Crippen molar-refractivity contribution in [1.29, 1.82) is 0 Å². The molecule has 2 rings (SSSR count). The molecule has 0 unspecified atom stereocenters. The third-order valence-corrected chi connectivity index (χ3v) is 5.85. The summed E-state index contributed by atoms with van der Waals surface area (Å²) in [5, 5.41) is 0.454. The molecule has 0 fully saturated rings. The number of aryl methyl sites for hydroxylation is 1. The van der Waals surface area contributed by atoms with Crippen LogP contribution in [0, 0.1) is 0 Å². The number of sulfonamides is 1. The molecule has 1 N–H and O–H groups in total. The molecule has 0 aromatic heterocycles. The summed E-state index contributed by atoms with van der Waals surface area (Å²) in [5.74, 6) is 0. The lowest BCUT2D eigenvalue weighted by molar-refractivity contribution is 0.601. The van der Waals surface area contributed by atoms with E-state index < -0.39 is 10.0 Å². The van der Waals surface area contributed by atoms with Crippen molar-refractivity contribution in [3.63, 3.8) is 0 Å². The average molecular weight is 403 g/mol. The molecule has 0 atom stereocenters. The number of benzene rings is 2. The summed E-state index contributed by atoms with van der Waals surface area (Å²) in [6, 6.07) is 11.9. The first-order valence-electron chi connectivity index (χ1n) is 6.99. The zero-order valence-corrected chi connectivity index (χ0v) is 15.3. The highest BCUT2D eigenvalue weighted by Crippen LogP contribution is 2.27. The second kappa shape index (κ2) is 7.49. The fourth-order valence-electron chi connectivity index (χ4n) is 1.99. The van der Waals surface area contributed by atoms with Gasteiger partial charge >= 0.3 is 0 Å². The van der Waals surface area contributed by atoms with Gasteiger partial charge in [0.1, 0.15) is 0 Å². The fraction of sp³-hybridized carbons (Fsp3) is 0.250. The number of hydrogen-bond acceptors (Lipinski definition) is 2. The Morgan fingerprint density at radius 2 is 1.82 bits per heavy atom. The first-order chi connectivity index (χ1) is 10.4. The number of hydrogen-bond donors (Lipinski definition) is 1. The molecule has 2 aromatic rings. The zero-order valence-electron chi connectivity index (χ0n) is 12.1. The number of halogens is 2. The highest BCUT2D eigenvalue weighted by Gasteiger charge is 2.14. The monoisotopic (exact) mass is 401 g/mol. The van der Waals surface area contributed by atoms with Gasteiger partial charge in [-0.3, -0.25) is 4.72 Å². The van der Waals surface area contributed by atoms with Gasteiger partial charge in [-0.25, -0.2) is 8.42 Å². The van der Waals surface area contributed by atoms with Crippen molar-refractivity contribution in [2.45, 2.75) is 31.1 Å². The smallest absolute Gasteiger partial charge is 0.261 e. The molecule has 0 aliphatic heterocycles. The molecule has 0 aliphatic rings. The van der Waals surface area contributed by atoms with Crippen LogP contribution in [0.3, 0.4) is 0 Å². The maximum absolute atomic E-state index is 12.4. The third kappa shape index (κ3) is 4.48. The lowest BCUT2D eigenvalue weighted by Crippen LogP contribution is -2.12. The van der Waals surface area contributed by atoms with Crippen molar-refractivity contribution in [3.8, 4) is 0 Å². The average Bonchev–Trinajstić information content (AvgIpc) is 2.49. The van der Waals surface area contributed by atoms with Gasteiger partial charge in [0, 0.05) is 4.47 Å². The predicted molar refractivity (Wildman–Crippen MR) is 95.0 cm³/mol. The molecule has 2 aromatic carbocycles. The Balaban J connectivity index is 2.17. The van der Waals surface area contributed by atoms with Gasteiger partial charge < -0.3 is 0 Å². The normalized spacial score (nSPS) is 11.4. The minimum absolute atomic E-state index is 0.242. The summed E-state index contributed by atoms with van der Waals surface area (Å²) in [6.45, 7) is 2.13. The van der Waals surface area contributed by atoms with Crippen molar-refractivity contribution in [2.24, 2.45) is 0 Å². The lowest BCUT2D eigenvalue weighted by Gasteiger charge is -2.09. The molecule has 0 aliphatic carbocycles. The van der Waals surface area contributed by atoms with Crippen molar-refractivity contribution in [3.05, 3.63) is 57.5 Å². The van der Waals surface area contributed by atoms with Crippen LogP contribution in [0.1, 0.15) is 25.3 Å². The van der Waals surface area contributed by atoms with E-state index in [-0.39, 0.29) is 4.90 Å². The molecule has 3 nitrogen and oxygen atoms in total. The van der Waals surface area contributed by atoms with Gasteiger partial charge in [-0.1, -0.05) is 37.1 Å². The molecule has 0 saturated carbocycles. The van der Waals surface area contributed by atoms with Crippen molar-refractivity contribution in [2.75, 3.05) is 4.72 Å². The van der Waals surface area contributed by atoms with E-state index in [4.69, 9.17) is 11.6 Å². The Kier molecular flexibility index (Phi) is 5.89. The van der Waals surface area contributed by atoms with E-state index in [0.717, 1.165) is 29.3 Å². The van der Waals surface area contributed by atoms with Crippen molar-refractivity contribution in [1.82, 2.24) is 0 Å². The van der Waals surface area contributed by atoms with E-state index >= 15 is 0 Å². The van der Waals surface area contributed by atoms with Crippen molar-refractivity contribution < 1.29 is 8.42 Å². The Morgan fingerprint density at radius 3 is 2.41 bits per heavy atom. The van der Waals surface area contributed by atoms with Gasteiger partial charge in [-0.05, 0) is 64.7 Å². The number of rotatable bonds is 6. The van der Waals surface area contributed by atoms with Crippen LogP contribution < -0.4 is 4.72 Å². The number of unbranched alkanes of at least 4 members (excludes halogenated alkanes) is 1. The van der Waals surface area contributed by atoms with Crippen LogP contribution in [0.4, 0.5) is 5.69 Å². The van der Waals surface area contributed by atoms with Crippen LogP contribution in [0.25, 0.3) is 0 Å². The predicted octanol–water partition coefficient (Wildman–Crippen LogP) is 5.25. The van der Waals surface area contributed by atoms with Gasteiger partial charge in [0.05, 0.1) is 15.6 Å². The Morgan fingerprint density at radius 1 is 1.14 bits per heavy atom.